The van der Waals surface area contributed by atoms with Crippen LogP contribution in [0.1, 0.15) is 11.1 Å². The number of nitrogens with one attached hydrogen (secondary N) is 1. The summed E-state index contributed by atoms with van der Waals surface area (Å²) >= 11 is 0. The molecule has 5 heteroatoms. The molecule has 0 aliphatic rings. The fourth-order valence-electron chi connectivity index (χ4n) is 1.34. The molecule has 1 aromatic rings. The van der Waals surface area contributed by atoms with Crippen LogP contribution in [-0.2, 0) is 9.59 Å². The number of ether oxygens (including phenoxy) is 1. The molecule has 0 bridgehead atoms. The molecule has 0 unspecified atom stereocenters. The lowest BCUT2D eigenvalue weighted by Gasteiger charge is -2.09. The zero-order valence-electron chi connectivity index (χ0n) is 9.95. The highest BCUT2D eigenvalue weighted by Gasteiger charge is 2.05. The van der Waals surface area contributed by atoms with Gasteiger partial charge >= 0.3 is 0 Å². The summed E-state index contributed by atoms with van der Waals surface area (Å²) in [6.07, 6.45) is 0. The summed E-state index contributed by atoms with van der Waals surface area (Å²) in [5.41, 5.74) is 6.99. The number of benzene rings is 1. The minimum absolute atomic E-state index is 0.128. The molecule has 1 aromatic carbocycles. The highest BCUT2D eigenvalue weighted by atomic mass is 16.5. The smallest absolute Gasteiger partial charge is 0.258 e. The number of nitrogens with two attached hydrogens (primary N) is 1. The largest absolute Gasteiger partial charge is 0.484 e. The van der Waals surface area contributed by atoms with Crippen LogP contribution in [0.15, 0.2) is 18.2 Å². The molecule has 0 heterocycles. The maximum Gasteiger partial charge on any atom is 0.258 e. The summed E-state index contributed by atoms with van der Waals surface area (Å²) in [5, 5.41) is 2.34. The van der Waals surface area contributed by atoms with Gasteiger partial charge in [0, 0.05) is 0 Å². The number of hydrogen-bond acceptors (Lipinski definition) is 3. The fraction of sp³-hybridized carbons (Fsp3) is 0.333. The van der Waals surface area contributed by atoms with E-state index in [1.54, 1.807) is 0 Å². The van der Waals surface area contributed by atoms with Crippen molar-refractivity contribution in [2.24, 2.45) is 5.73 Å². The molecular formula is C12H16N2O3. The highest BCUT2D eigenvalue weighted by Crippen LogP contribution is 2.18. The standard InChI is InChI=1S/C12H16N2O3/c1-8-3-4-10(9(2)5-8)17-7-12(16)14-6-11(13)15/h3-5H,6-7H2,1-2H3,(H2,13,15)(H,14,16). The number of aryl methyl sites for hydroxylation is 2. The first kappa shape index (κ1) is 13.0. The van der Waals surface area contributed by atoms with Gasteiger partial charge < -0.3 is 15.8 Å². The Labute approximate surface area is 99.9 Å². The third-order valence-electron chi connectivity index (χ3n) is 2.15. The number of hydrogen-bond donors (Lipinski definition) is 2. The van der Waals surface area contributed by atoms with E-state index in [2.05, 4.69) is 5.32 Å². The molecule has 0 aliphatic carbocycles. The van der Waals surface area contributed by atoms with Crippen LogP contribution in [0.5, 0.6) is 5.75 Å². The van der Waals surface area contributed by atoms with Crippen molar-refractivity contribution in [3.63, 3.8) is 0 Å². The lowest BCUT2D eigenvalue weighted by molar-refractivity contribution is -0.126. The normalized spacial score (nSPS) is 9.76. The molecule has 5 nitrogen and oxygen atoms in total. The summed E-state index contributed by atoms with van der Waals surface area (Å²) in [4.78, 5) is 21.7. The van der Waals surface area contributed by atoms with Gasteiger partial charge in [0.2, 0.25) is 5.91 Å². The monoisotopic (exact) mass is 236 g/mol. The van der Waals surface area contributed by atoms with Crippen LogP contribution in [0.3, 0.4) is 0 Å². The van der Waals surface area contributed by atoms with E-state index in [0.29, 0.717) is 5.75 Å². The van der Waals surface area contributed by atoms with E-state index in [1.165, 1.54) is 0 Å². The lowest BCUT2D eigenvalue weighted by atomic mass is 10.1. The van der Waals surface area contributed by atoms with E-state index >= 15 is 0 Å². The summed E-state index contributed by atoms with van der Waals surface area (Å²) in [7, 11) is 0. The van der Waals surface area contributed by atoms with E-state index in [1.807, 2.05) is 32.0 Å². The molecule has 1 rings (SSSR count). The van der Waals surface area contributed by atoms with Crippen LogP contribution >= 0.6 is 0 Å². The average Bonchev–Trinajstić information content (AvgIpc) is 2.25. The topological polar surface area (TPSA) is 81.4 Å². The third-order valence-corrected chi connectivity index (χ3v) is 2.15. The molecule has 0 saturated carbocycles. The second-order valence-electron chi connectivity index (χ2n) is 3.80. The Morgan fingerprint density at radius 2 is 2.06 bits per heavy atom. The summed E-state index contributed by atoms with van der Waals surface area (Å²) in [6.45, 7) is 3.59. The molecule has 0 fully saturated rings. The molecule has 0 aliphatic heterocycles. The third kappa shape index (κ3) is 4.55. The van der Waals surface area contributed by atoms with Gasteiger partial charge in [-0.05, 0) is 25.5 Å². The Balaban J connectivity index is 2.44. The van der Waals surface area contributed by atoms with Crippen LogP contribution in [-0.4, -0.2) is 25.0 Å². The second-order valence-corrected chi connectivity index (χ2v) is 3.80. The Hall–Kier alpha value is -2.04. The van der Waals surface area contributed by atoms with Gasteiger partial charge in [0.15, 0.2) is 6.61 Å². The van der Waals surface area contributed by atoms with Gasteiger partial charge in [-0.15, -0.1) is 0 Å². The first-order valence-corrected chi connectivity index (χ1v) is 5.24. The van der Waals surface area contributed by atoms with Gasteiger partial charge in [-0.1, -0.05) is 17.7 Å². The van der Waals surface area contributed by atoms with Gasteiger partial charge in [0.1, 0.15) is 5.75 Å². The average molecular weight is 236 g/mol. The number of carbonyl (C=O) groups excluding carboxylic acids is 2. The fourth-order valence-corrected chi connectivity index (χ4v) is 1.34. The zero-order valence-corrected chi connectivity index (χ0v) is 9.95. The second kappa shape index (κ2) is 5.89. The van der Waals surface area contributed by atoms with E-state index in [4.69, 9.17) is 10.5 Å². The Kier molecular flexibility index (Phi) is 4.51. The van der Waals surface area contributed by atoms with Gasteiger partial charge in [-0.25, -0.2) is 0 Å². The van der Waals surface area contributed by atoms with Crippen molar-refractivity contribution >= 4 is 11.8 Å². The van der Waals surface area contributed by atoms with E-state index in [9.17, 15) is 9.59 Å². The van der Waals surface area contributed by atoms with Crippen molar-refractivity contribution in [3.05, 3.63) is 29.3 Å². The van der Waals surface area contributed by atoms with E-state index in [-0.39, 0.29) is 19.1 Å². The number of primary amides is 1. The molecule has 0 atom stereocenters. The molecule has 92 valence electrons. The van der Waals surface area contributed by atoms with Crippen LogP contribution in [0.25, 0.3) is 0 Å². The van der Waals surface area contributed by atoms with Gasteiger partial charge in [0.05, 0.1) is 6.54 Å². The van der Waals surface area contributed by atoms with Gasteiger partial charge in [0.25, 0.3) is 5.91 Å². The Bertz CT molecular complexity index is 430. The van der Waals surface area contributed by atoms with Crippen LogP contribution in [0.2, 0.25) is 0 Å². The maximum atomic E-state index is 11.3. The van der Waals surface area contributed by atoms with Crippen molar-refractivity contribution in [2.75, 3.05) is 13.2 Å². The molecular weight excluding hydrogens is 220 g/mol. The Morgan fingerprint density at radius 3 is 2.65 bits per heavy atom. The zero-order chi connectivity index (χ0) is 12.8. The van der Waals surface area contributed by atoms with E-state index in [0.717, 1.165) is 11.1 Å². The van der Waals surface area contributed by atoms with Crippen molar-refractivity contribution in [2.45, 2.75) is 13.8 Å². The highest BCUT2D eigenvalue weighted by molar-refractivity contribution is 5.84. The first-order valence-electron chi connectivity index (χ1n) is 5.24. The van der Waals surface area contributed by atoms with Gasteiger partial charge in [-0.2, -0.15) is 0 Å². The molecule has 17 heavy (non-hydrogen) atoms. The lowest BCUT2D eigenvalue weighted by Crippen LogP contribution is -2.36. The maximum absolute atomic E-state index is 11.3. The van der Waals surface area contributed by atoms with Crippen molar-refractivity contribution < 1.29 is 14.3 Å². The summed E-state index contributed by atoms with van der Waals surface area (Å²) < 4.78 is 5.32. The number of amides is 2. The predicted molar refractivity (Wildman–Crippen MR) is 63.6 cm³/mol. The van der Waals surface area contributed by atoms with Crippen LogP contribution in [0, 0.1) is 13.8 Å². The molecule has 2 amide bonds. The van der Waals surface area contributed by atoms with Crippen molar-refractivity contribution in [1.82, 2.24) is 5.32 Å². The summed E-state index contributed by atoms with van der Waals surface area (Å²) in [6, 6.07) is 5.69. The van der Waals surface area contributed by atoms with Crippen LogP contribution in [0.4, 0.5) is 0 Å². The predicted octanol–water partition coefficient (Wildman–Crippen LogP) is 0.284. The number of carbonyl (C=O) groups is 2. The quantitative estimate of drug-likeness (QED) is 0.770. The Morgan fingerprint density at radius 1 is 1.35 bits per heavy atom. The molecule has 0 saturated heterocycles. The number of rotatable bonds is 5. The van der Waals surface area contributed by atoms with Crippen molar-refractivity contribution in [3.8, 4) is 5.75 Å². The molecule has 0 aromatic heterocycles. The van der Waals surface area contributed by atoms with Gasteiger partial charge in [-0.3, -0.25) is 9.59 Å². The van der Waals surface area contributed by atoms with Crippen molar-refractivity contribution in [1.29, 1.82) is 0 Å². The minimum atomic E-state index is -0.579. The SMILES string of the molecule is Cc1ccc(OCC(=O)NCC(N)=O)c(C)c1. The molecule has 3 N–H and O–H groups in total. The summed E-state index contributed by atoms with van der Waals surface area (Å²) in [5.74, 6) is -0.293. The minimum Gasteiger partial charge on any atom is -0.484 e. The molecule has 0 radical (unpaired) electrons. The van der Waals surface area contributed by atoms with Crippen LogP contribution < -0.4 is 15.8 Å². The first-order chi connectivity index (χ1) is 7.99. The van der Waals surface area contributed by atoms with E-state index < -0.39 is 5.91 Å². The molecule has 0 spiro atoms.